The van der Waals surface area contributed by atoms with E-state index >= 15 is 0 Å². The molecule has 0 aromatic rings. The van der Waals surface area contributed by atoms with E-state index in [2.05, 4.69) is 0 Å². The van der Waals surface area contributed by atoms with Gasteiger partial charge >= 0.3 is 15.2 Å². The highest BCUT2D eigenvalue weighted by atomic mass is 31.2. The summed E-state index contributed by atoms with van der Waals surface area (Å²) in [6.07, 6.45) is 3.49. The Morgan fingerprint density at radius 2 is 0.955 bits per heavy atom. The molecule has 2 heterocycles. The van der Waals surface area contributed by atoms with E-state index in [0.717, 1.165) is 51.9 Å². The summed E-state index contributed by atoms with van der Waals surface area (Å²) < 4.78 is 22.0. The lowest BCUT2D eigenvalue weighted by Gasteiger charge is -2.40. The van der Waals surface area contributed by atoms with Crippen molar-refractivity contribution in [1.82, 2.24) is 9.80 Å². The molecule has 0 saturated carbocycles. The molecule has 2 fully saturated rings. The van der Waals surface area contributed by atoms with Crippen molar-refractivity contribution < 1.29 is 28.7 Å². The predicted octanol–water partition coefficient (Wildman–Crippen LogP) is 0.681. The van der Waals surface area contributed by atoms with Crippen LogP contribution in [0.25, 0.3) is 0 Å². The molecule has 0 atom stereocenters. The minimum absolute atomic E-state index is 0.152. The first-order valence-corrected chi connectivity index (χ1v) is 11.3. The van der Waals surface area contributed by atoms with Gasteiger partial charge in [-0.1, -0.05) is 0 Å². The van der Waals surface area contributed by atoms with Crippen molar-refractivity contribution in [1.29, 1.82) is 0 Å². The summed E-state index contributed by atoms with van der Waals surface area (Å²) in [7, 11) is -7.94. The highest BCUT2D eigenvalue weighted by Gasteiger charge is 2.32. The molecule has 0 aromatic heterocycles. The Labute approximate surface area is 130 Å². The number of rotatable bonds is 5. The first-order chi connectivity index (χ1) is 10.1. The van der Waals surface area contributed by atoms with Crippen LogP contribution < -0.4 is 0 Å². The van der Waals surface area contributed by atoms with Crippen LogP contribution in [-0.4, -0.2) is 68.1 Å². The zero-order valence-corrected chi connectivity index (χ0v) is 14.4. The number of nitrogens with zero attached hydrogens (tertiary/aromatic N) is 2. The SMILES string of the molecule is O=P(O)(O)CN1CCC(C2CCN(CP(=O)(O)O)CC2)CC1. The fraction of sp³-hybridized carbons (Fsp3) is 1.00. The van der Waals surface area contributed by atoms with Gasteiger partial charge in [0.25, 0.3) is 0 Å². The third-order valence-electron chi connectivity index (χ3n) is 4.70. The molecular formula is C12H26N2O6P2. The maximum absolute atomic E-state index is 11.0. The van der Waals surface area contributed by atoms with Crippen molar-refractivity contribution in [2.45, 2.75) is 25.7 Å². The Balaban J connectivity index is 1.73. The van der Waals surface area contributed by atoms with Crippen molar-refractivity contribution in [3.63, 3.8) is 0 Å². The molecule has 0 bridgehead atoms. The standard InChI is InChI=1S/C12H26N2O6P2/c15-21(16,17)9-13-5-1-11(2-6-13)12-3-7-14(8-4-12)10-22(18,19)20/h11-12H,1-10H2,(H2,15,16,17)(H2,18,19,20). The largest absolute Gasteiger partial charge is 0.339 e. The zero-order chi connectivity index (χ0) is 16.4. The van der Waals surface area contributed by atoms with E-state index in [0.29, 0.717) is 11.8 Å². The van der Waals surface area contributed by atoms with Crippen LogP contribution in [0.3, 0.4) is 0 Å². The van der Waals surface area contributed by atoms with Crippen LogP contribution in [0.4, 0.5) is 0 Å². The summed E-state index contributed by atoms with van der Waals surface area (Å²) in [5.41, 5.74) is 0. The molecule has 2 aliphatic rings. The van der Waals surface area contributed by atoms with Crippen molar-refractivity contribution >= 4 is 15.2 Å². The fourth-order valence-corrected chi connectivity index (χ4v) is 5.26. The molecule has 22 heavy (non-hydrogen) atoms. The summed E-state index contributed by atoms with van der Waals surface area (Å²) in [6, 6.07) is 0. The van der Waals surface area contributed by atoms with Crippen molar-refractivity contribution in [2.24, 2.45) is 11.8 Å². The Hall–Kier alpha value is 0.220. The summed E-state index contributed by atoms with van der Waals surface area (Å²) in [5, 5.41) is 0. The molecule has 2 saturated heterocycles. The van der Waals surface area contributed by atoms with Crippen LogP contribution >= 0.6 is 15.2 Å². The van der Waals surface area contributed by atoms with Gasteiger partial charge in [0, 0.05) is 0 Å². The van der Waals surface area contributed by atoms with Gasteiger partial charge in [0.2, 0.25) is 0 Å². The number of hydrogen-bond donors (Lipinski definition) is 4. The van der Waals surface area contributed by atoms with Crippen LogP contribution in [0.5, 0.6) is 0 Å². The predicted molar refractivity (Wildman–Crippen MR) is 82.4 cm³/mol. The molecule has 0 aromatic carbocycles. The molecule has 10 heteroatoms. The molecule has 0 radical (unpaired) electrons. The van der Waals surface area contributed by atoms with Crippen LogP contribution in [0.2, 0.25) is 0 Å². The van der Waals surface area contributed by atoms with Gasteiger partial charge in [-0.05, 0) is 63.7 Å². The lowest BCUT2D eigenvalue weighted by molar-refractivity contribution is 0.105. The van der Waals surface area contributed by atoms with Crippen LogP contribution in [0.15, 0.2) is 0 Å². The van der Waals surface area contributed by atoms with Gasteiger partial charge in [-0.3, -0.25) is 18.9 Å². The highest BCUT2D eigenvalue weighted by Crippen LogP contribution is 2.40. The van der Waals surface area contributed by atoms with E-state index in [1.165, 1.54) is 0 Å². The summed E-state index contributed by atoms with van der Waals surface area (Å²) in [5.74, 6) is 1.12. The minimum atomic E-state index is -3.97. The van der Waals surface area contributed by atoms with Crippen molar-refractivity contribution in [3.05, 3.63) is 0 Å². The van der Waals surface area contributed by atoms with Crippen LogP contribution in [-0.2, 0) is 9.13 Å². The lowest BCUT2D eigenvalue weighted by Crippen LogP contribution is -2.41. The van der Waals surface area contributed by atoms with Crippen LogP contribution in [0, 0.1) is 11.8 Å². The second-order valence-electron chi connectivity index (χ2n) is 6.52. The second kappa shape index (κ2) is 7.41. The first-order valence-electron chi connectivity index (χ1n) is 7.66. The Morgan fingerprint density at radius 1 is 0.682 bits per heavy atom. The molecule has 130 valence electrons. The van der Waals surface area contributed by atoms with E-state index in [9.17, 15) is 9.13 Å². The smallest absolute Gasteiger partial charge is 0.324 e. The lowest BCUT2D eigenvalue weighted by atomic mass is 9.79. The normalized spacial score (nSPS) is 24.7. The Morgan fingerprint density at radius 3 is 1.18 bits per heavy atom. The van der Waals surface area contributed by atoms with E-state index in [1.54, 1.807) is 0 Å². The van der Waals surface area contributed by atoms with Gasteiger partial charge in [0.1, 0.15) is 12.6 Å². The zero-order valence-electron chi connectivity index (χ0n) is 12.6. The maximum atomic E-state index is 11.0. The van der Waals surface area contributed by atoms with Crippen LogP contribution in [0.1, 0.15) is 25.7 Å². The molecule has 0 unspecified atom stereocenters. The fourth-order valence-electron chi connectivity index (χ4n) is 3.65. The molecule has 0 aliphatic carbocycles. The minimum Gasteiger partial charge on any atom is -0.324 e. The maximum Gasteiger partial charge on any atom is 0.339 e. The van der Waals surface area contributed by atoms with E-state index in [4.69, 9.17) is 19.6 Å². The molecule has 8 nitrogen and oxygen atoms in total. The number of hydrogen-bond acceptors (Lipinski definition) is 4. The molecular weight excluding hydrogens is 330 g/mol. The quantitative estimate of drug-likeness (QED) is 0.531. The topological polar surface area (TPSA) is 122 Å². The van der Waals surface area contributed by atoms with Gasteiger partial charge in [-0.15, -0.1) is 0 Å². The Bertz CT molecular complexity index is 407. The summed E-state index contributed by atoms with van der Waals surface area (Å²) >= 11 is 0. The molecule has 0 amide bonds. The molecule has 0 spiro atoms. The second-order valence-corrected chi connectivity index (χ2v) is 9.75. The summed E-state index contributed by atoms with van der Waals surface area (Å²) in [6.45, 7) is 2.88. The van der Waals surface area contributed by atoms with Gasteiger partial charge in [-0.2, -0.15) is 0 Å². The monoisotopic (exact) mass is 356 g/mol. The van der Waals surface area contributed by atoms with Gasteiger partial charge in [0.15, 0.2) is 0 Å². The molecule has 4 N–H and O–H groups in total. The first kappa shape index (κ1) is 18.6. The Kier molecular flexibility index (Phi) is 6.25. The van der Waals surface area contributed by atoms with Crippen molar-refractivity contribution in [2.75, 3.05) is 38.8 Å². The third kappa shape index (κ3) is 6.38. The number of likely N-dealkylation sites (tertiary alicyclic amines) is 2. The van der Waals surface area contributed by atoms with Crippen molar-refractivity contribution in [3.8, 4) is 0 Å². The number of piperidine rings is 2. The average molecular weight is 356 g/mol. The van der Waals surface area contributed by atoms with Gasteiger partial charge < -0.3 is 19.6 Å². The molecule has 2 aliphatic heterocycles. The third-order valence-corrected chi connectivity index (χ3v) is 6.24. The van der Waals surface area contributed by atoms with Gasteiger partial charge in [0.05, 0.1) is 0 Å². The summed E-state index contributed by atoms with van der Waals surface area (Å²) in [4.78, 5) is 39.7. The van der Waals surface area contributed by atoms with E-state index in [1.807, 2.05) is 9.80 Å². The average Bonchev–Trinajstić information content (AvgIpc) is 2.37. The van der Waals surface area contributed by atoms with E-state index in [-0.39, 0.29) is 12.6 Å². The molecule has 2 rings (SSSR count). The highest BCUT2D eigenvalue weighted by molar-refractivity contribution is 7.51. The van der Waals surface area contributed by atoms with E-state index < -0.39 is 15.2 Å². The van der Waals surface area contributed by atoms with Gasteiger partial charge in [-0.25, -0.2) is 0 Å².